The molecule has 1 unspecified atom stereocenters. The van der Waals surface area contributed by atoms with Crippen LogP contribution in [0.3, 0.4) is 0 Å². The standard InChI is InChI=1S/C16H15F4N3O5S/c17-11-5-9(6-12(18)13(11)22-1-3-29(26,27)4-2-22)23-8-10(28-16(23)25)7-21-15(24)14(19)20/h1,3,5-6,10,14H,2,4,7-8H2,(H,21,24). The maximum Gasteiger partial charge on any atom is 0.414 e. The number of hydrogen-bond donors (Lipinski definition) is 1. The molecule has 1 N–H and O–H groups in total. The molecule has 0 aliphatic carbocycles. The zero-order valence-electron chi connectivity index (χ0n) is 14.6. The zero-order chi connectivity index (χ0) is 21.3. The van der Waals surface area contributed by atoms with Crippen LogP contribution in [0.1, 0.15) is 0 Å². The van der Waals surface area contributed by atoms with Crippen LogP contribution in [0, 0.1) is 11.6 Å². The molecule has 2 heterocycles. The Morgan fingerprint density at radius 2 is 1.93 bits per heavy atom. The Bertz CT molecular complexity index is 946. The van der Waals surface area contributed by atoms with E-state index in [-0.39, 0.29) is 31.1 Å². The fourth-order valence-corrected chi connectivity index (χ4v) is 3.75. The highest BCUT2D eigenvalue weighted by Crippen LogP contribution is 2.32. The molecule has 29 heavy (non-hydrogen) atoms. The first-order chi connectivity index (χ1) is 13.6. The topological polar surface area (TPSA) is 96.0 Å². The van der Waals surface area contributed by atoms with Gasteiger partial charge in [-0.3, -0.25) is 9.69 Å². The van der Waals surface area contributed by atoms with Crippen molar-refractivity contribution in [2.24, 2.45) is 0 Å². The summed E-state index contributed by atoms with van der Waals surface area (Å²) in [6.45, 7) is -0.756. The van der Waals surface area contributed by atoms with Crippen molar-refractivity contribution in [3.8, 4) is 0 Å². The molecular weight excluding hydrogens is 422 g/mol. The van der Waals surface area contributed by atoms with E-state index in [1.807, 2.05) is 5.32 Å². The van der Waals surface area contributed by atoms with Gasteiger partial charge in [0.05, 0.1) is 24.5 Å². The molecule has 2 aliphatic rings. The number of carbonyl (C=O) groups is 2. The molecule has 0 bridgehead atoms. The maximum absolute atomic E-state index is 14.5. The van der Waals surface area contributed by atoms with Crippen LogP contribution in [0.25, 0.3) is 0 Å². The van der Waals surface area contributed by atoms with Crippen molar-refractivity contribution >= 4 is 33.2 Å². The van der Waals surface area contributed by atoms with Gasteiger partial charge in [0.25, 0.3) is 5.91 Å². The van der Waals surface area contributed by atoms with Crippen LogP contribution in [0.5, 0.6) is 0 Å². The van der Waals surface area contributed by atoms with Crippen LogP contribution in [0.15, 0.2) is 23.7 Å². The van der Waals surface area contributed by atoms with Crippen LogP contribution in [-0.2, 0) is 19.4 Å². The van der Waals surface area contributed by atoms with E-state index in [9.17, 15) is 35.6 Å². The van der Waals surface area contributed by atoms with Crippen molar-refractivity contribution in [2.75, 3.05) is 35.2 Å². The zero-order valence-corrected chi connectivity index (χ0v) is 15.5. The highest BCUT2D eigenvalue weighted by Gasteiger charge is 2.34. The average Bonchev–Trinajstić information content (AvgIpc) is 3.01. The minimum absolute atomic E-state index is 0.149. The highest BCUT2D eigenvalue weighted by atomic mass is 32.2. The number of nitrogens with zero attached hydrogens (tertiary/aromatic N) is 2. The van der Waals surface area contributed by atoms with Crippen LogP contribution in [0.2, 0.25) is 0 Å². The van der Waals surface area contributed by atoms with Gasteiger partial charge in [-0.2, -0.15) is 8.78 Å². The highest BCUT2D eigenvalue weighted by molar-refractivity contribution is 7.94. The number of benzene rings is 1. The normalized spacial score (nSPS) is 20.9. The molecular formula is C16H15F4N3O5S. The number of hydrogen-bond acceptors (Lipinski definition) is 6. The van der Waals surface area contributed by atoms with Gasteiger partial charge in [0.1, 0.15) is 11.8 Å². The summed E-state index contributed by atoms with van der Waals surface area (Å²) in [5.41, 5.74) is -0.654. The third kappa shape index (κ3) is 4.60. The van der Waals surface area contributed by atoms with Crippen LogP contribution < -0.4 is 15.1 Å². The molecule has 1 aromatic carbocycles. The summed E-state index contributed by atoms with van der Waals surface area (Å²) in [5, 5.41) is 2.74. The first-order valence-corrected chi connectivity index (χ1v) is 9.99. The summed E-state index contributed by atoms with van der Waals surface area (Å²) in [5.74, 6) is -3.91. The second-order valence-corrected chi connectivity index (χ2v) is 8.27. The molecule has 3 rings (SSSR count). The first-order valence-electron chi connectivity index (χ1n) is 8.28. The summed E-state index contributed by atoms with van der Waals surface area (Å²) in [6, 6.07) is 1.74. The molecule has 8 nitrogen and oxygen atoms in total. The fourth-order valence-electron chi connectivity index (χ4n) is 2.83. The van der Waals surface area contributed by atoms with Crippen LogP contribution in [0.4, 0.5) is 33.7 Å². The van der Waals surface area contributed by atoms with E-state index < -0.39 is 51.7 Å². The van der Waals surface area contributed by atoms with Crippen LogP contribution >= 0.6 is 0 Å². The fraction of sp³-hybridized carbons (Fsp3) is 0.375. The van der Waals surface area contributed by atoms with Gasteiger partial charge in [-0.25, -0.2) is 22.0 Å². The Kier molecular flexibility index (Phi) is 5.68. The van der Waals surface area contributed by atoms with Crippen LogP contribution in [-0.4, -0.2) is 58.3 Å². The average molecular weight is 437 g/mol. The number of cyclic esters (lactones) is 1. The molecule has 0 saturated carbocycles. The Labute approximate surface area is 162 Å². The van der Waals surface area contributed by atoms with E-state index in [0.717, 1.165) is 33.5 Å². The Morgan fingerprint density at radius 3 is 2.48 bits per heavy atom. The van der Waals surface area contributed by atoms with Gasteiger partial charge in [0.2, 0.25) is 0 Å². The molecule has 2 aliphatic heterocycles. The molecule has 1 atom stereocenters. The molecule has 13 heteroatoms. The number of sulfone groups is 1. The quantitative estimate of drug-likeness (QED) is 0.700. The minimum Gasteiger partial charge on any atom is -0.442 e. The van der Waals surface area contributed by atoms with Crippen molar-refractivity contribution < 1.29 is 40.3 Å². The van der Waals surface area contributed by atoms with Gasteiger partial charge < -0.3 is 15.0 Å². The molecule has 158 valence electrons. The lowest BCUT2D eigenvalue weighted by Crippen LogP contribution is -2.37. The lowest BCUT2D eigenvalue weighted by molar-refractivity contribution is -0.132. The number of ether oxygens (including phenoxy) is 1. The summed E-state index contributed by atoms with van der Waals surface area (Å²) in [6.07, 6.45) is -4.12. The van der Waals surface area contributed by atoms with Crippen molar-refractivity contribution in [3.05, 3.63) is 35.4 Å². The van der Waals surface area contributed by atoms with E-state index >= 15 is 0 Å². The van der Waals surface area contributed by atoms with Gasteiger partial charge in [-0.1, -0.05) is 0 Å². The molecule has 0 spiro atoms. The number of amides is 2. The SMILES string of the molecule is O=C(NCC1CN(c2cc(F)c(N3C=CS(=O)(=O)CC3)c(F)c2)C(=O)O1)C(F)F. The lowest BCUT2D eigenvalue weighted by atomic mass is 10.2. The maximum atomic E-state index is 14.5. The van der Waals surface area contributed by atoms with Crippen molar-refractivity contribution in [2.45, 2.75) is 12.5 Å². The summed E-state index contributed by atoms with van der Waals surface area (Å²) in [7, 11) is -3.41. The number of alkyl halides is 2. The van der Waals surface area contributed by atoms with Gasteiger partial charge in [-0.05, 0) is 0 Å². The van der Waals surface area contributed by atoms with E-state index in [2.05, 4.69) is 0 Å². The number of nitrogens with one attached hydrogen (secondary N) is 1. The van der Waals surface area contributed by atoms with Gasteiger partial charge >= 0.3 is 12.5 Å². The van der Waals surface area contributed by atoms with E-state index in [1.54, 1.807) is 0 Å². The monoisotopic (exact) mass is 437 g/mol. The largest absolute Gasteiger partial charge is 0.442 e. The summed E-state index contributed by atoms with van der Waals surface area (Å²) >= 11 is 0. The Morgan fingerprint density at radius 1 is 1.28 bits per heavy atom. The van der Waals surface area contributed by atoms with Crippen molar-refractivity contribution in [3.63, 3.8) is 0 Å². The molecule has 1 saturated heterocycles. The third-order valence-electron chi connectivity index (χ3n) is 4.24. The number of carbonyl (C=O) groups excluding carboxylic acids is 2. The minimum atomic E-state index is -3.41. The predicted octanol–water partition coefficient (Wildman–Crippen LogP) is 1.38. The smallest absolute Gasteiger partial charge is 0.414 e. The Balaban J connectivity index is 1.75. The third-order valence-corrected chi connectivity index (χ3v) is 5.53. The van der Waals surface area contributed by atoms with Crippen molar-refractivity contribution in [1.29, 1.82) is 0 Å². The second kappa shape index (κ2) is 7.89. The summed E-state index contributed by atoms with van der Waals surface area (Å²) in [4.78, 5) is 24.8. The van der Waals surface area contributed by atoms with E-state index in [0.29, 0.717) is 0 Å². The van der Waals surface area contributed by atoms with E-state index in [1.165, 1.54) is 0 Å². The van der Waals surface area contributed by atoms with E-state index in [4.69, 9.17) is 4.74 Å². The van der Waals surface area contributed by atoms with Gasteiger partial charge in [0.15, 0.2) is 21.5 Å². The summed E-state index contributed by atoms with van der Waals surface area (Å²) < 4.78 is 81.1. The number of anilines is 2. The van der Waals surface area contributed by atoms with Crippen molar-refractivity contribution in [1.82, 2.24) is 5.32 Å². The van der Waals surface area contributed by atoms with Gasteiger partial charge in [-0.15, -0.1) is 0 Å². The van der Waals surface area contributed by atoms with Gasteiger partial charge in [0, 0.05) is 30.3 Å². The molecule has 1 aromatic rings. The molecule has 2 amide bonds. The molecule has 0 radical (unpaired) electrons. The lowest BCUT2D eigenvalue weighted by Gasteiger charge is -2.25. The Hall–Kier alpha value is -2.83. The predicted molar refractivity (Wildman–Crippen MR) is 93.3 cm³/mol. The number of rotatable bonds is 5. The first kappa shape index (κ1) is 20.9. The molecule has 1 fully saturated rings. The molecule has 0 aromatic heterocycles. The second-order valence-electron chi connectivity index (χ2n) is 6.27. The number of halogens is 4.